The Morgan fingerprint density at radius 2 is 0.698 bits per heavy atom. The predicted octanol–water partition coefficient (Wildman–Crippen LogP) is -8.37. The van der Waals surface area contributed by atoms with Crippen molar-refractivity contribution in [2.24, 2.45) is 40.9 Å². The highest BCUT2D eigenvalue weighted by Crippen LogP contribution is 2.14. The number of aliphatic hydroxyl groups excluding tert-OH is 1. The van der Waals surface area contributed by atoms with E-state index in [-0.39, 0.29) is 49.7 Å². The number of aliphatic hydroxyl groups is 1. The van der Waals surface area contributed by atoms with E-state index in [1.165, 1.54) is 27.7 Å². The largest absolute Gasteiger partial charge is 0.481 e. The highest BCUT2D eigenvalue weighted by atomic mass is 32.2. The van der Waals surface area contributed by atoms with Gasteiger partial charge in [-0.2, -0.15) is 37.0 Å². The number of aliphatic carboxylic acids is 5. The summed E-state index contributed by atoms with van der Waals surface area (Å²) in [5.74, 6) is -28.8. The van der Waals surface area contributed by atoms with E-state index in [0.29, 0.717) is 12.8 Å². The predicted molar refractivity (Wildman–Crippen MR) is 418 cm³/mol. The average molecular weight is 1710 g/mol. The molecule has 0 aromatic carbocycles. The normalized spacial score (nSPS) is 14.7. The van der Waals surface area contributed by atoms with Crippen LogP contribution in [0, 0.1) is 23.7 Å². The molecule has 656 valence electrons. The molecule has 0 unspecified atom stereocenters. The number of hydrogen-bond donors (Lipinski definition) is 26. The Morgan fingerprint density at radius 3 is 1.09 bits per heavy atom. The van der Waals surface area contributed by atoms with Crippen molar-refractivity contribution < 1.29 is 131 Å². The van der Waals surface area contributed by atoms with Crippen molar-refractivity contribution in [2.75, 3.05) is 49.8 Å². The van der Waals surface area contributed by atoms with Gasteiger partial charge < -0.3 is 128 Å². The minimum atomic E-state index is -2.06. The number of thiol groups is 2. The maximum Gasteiger partial charge on any atom is 0.326 e. The lowest BCUT2D eigenvalue weighted by Gasteiger charge is -2.29. The van der Waals surface area contributed by atoms with E-state index < -0.39 is 297 Å². The number of carbonyl (C=O) groups excluding carboxylic acids is 16. The average Bonchev–Trinajstić information content (AvgIpc) is 0.852. The number of carboxylic acids is 5. The van der Waals surface area contributed by atoms with Gasteiger partial charge in [-0.1, -0.05) is 55.4 Å². The van der Waals surface area contributed by atoms with E-state index in [1.54, 1.807) is 34.0 Å². The van der Waals surface area contributed by atoms with Crippen LogP contribution in [-0.2, 0) is 101 Å². The molecule has 0 spiro atoms. The summed E-state index contributed by atoms with van der Waals surface area (Å²) < 4.78 is 0. The Hall–Kier alpha value is -10.2. The molecule has 0 rings (SSSR count). The molecule has 48 heteroatoms. The first-order chi connectivity index (χ1) is 54.2. The van der Waals surface area contributed by atoms with Crippen LogP contribution in [0.4, 0.5) is 0 Å². The number of hydrogen-bond acceptors (Lipinski definition) is 27. The van der Waals surface area contributed by atoms with Crippen LogP contribution < -0.4 is 97.0 Å². The molecule has 0 aromatic rings. The molecule has 27 N–H and O–H groups in total. The fourth-order valence-electron chi connectivity index (χ4n) is 10.5. The molecule has 0 saturated carbocycles. The maximum atomic E-state index is 14.2. The van der Waals surface area contributed by atoms with Crippen LogP contribution in [0.3, 0.4) is 0 Å². The summed E-state index contributed by atoms with van der Waals surface area (Å²) in [6, 6.07) is -23.3. The molecule has 0 aliphatic heterocycles. The lowest BCUT2D eigenvalue weighted by molar-refractivity contribution is -0.143. The van der Waals surface area contributed by atoms with E-state index in [4.69, 9.17) is 17.2 Å². The Balaban J connectivity index is 6.72. The number of nitrogens with one attached hydrogen (secondary N) is 15. The summed E-state index contributed by atoms with van der Waals surface area (Å²) >= 11 is 9.24. The van der Waals surface area contributed by atoms with Gasteiger partial charge in [0.1, 0.15) is 78.5 Å². The fraction of sp³-hybridized carbons (Fsp3) is 0.691. The third kappa shape index (κ3) is 42.4. The maximum absolute atomic E-state index is 14.2. The highest BCUT2D eigenvalue weighted by Gasteiger charge is 2.39. The van der Waals surface area contributed by atoms with Crippen molar-refractivity contribution in [1.82, 2.24) is 79.8 Å². The van der Waals surface area contributed by atoms with E-state index in [1.807, 2.05) is 0 Å². The number of carbonyl (C=O) groups is 21. The monoisotopic (exact) mass is 1710 g/mol. The summed E-state index contributed by atoms with van der Waals surface area (Å²) in [7, 11) is 0. The number of rotatable bonds is 59. The molecule has 0 aromatic heterocycles. The Bertz CT molecular complexity index is 3430. The van der Waals surface area contributed by atoms with Gasteiger partial charge in [0.2, 0.25) is 94.5 Å². The number of carboxylic acid groups (broad SMARTS) is 5. The van der Waals surface area contributed by atoms with Crippen molar-refractivity contribution in [2.45, 2.75) is 223 Å². The lowest BCUT2D eigenvalue weighted by atomic mass is 10.00. The number of primary amides is 1. The molecule has 14 atom stereocenters. The summed E-state index contributed by atoms with van der Waals surface area (Å²) in [6.45, 7) is 9.60. The SMILES string of the molecule is CSCC[C@H](NC(=O)[C@@H](NC(=O)[C@H](CCC(N)=O)NC(=O)CNC(=O)[C@H](CC(=O)O)NC(=O)[C@H](CCC(=O)O)NC(=O)[C@H](CC(C)C)NC(=O)[C@@H](N)CS)C(C)C)C(=O)N[C@@H](CC(=O)O)C(=O)N[C@H](C(=O)N[C@@H](CC(=O)O)C(=O)N[C@@H](CC(C)C)C(=O)N[C@@H](CS)C(=O)NCC(=O)N[C@@H](CO)C(=O)N[C@@H](CCCCN)C(=O)O)C(C)C. The van der Waals surface area contributed by atoms with Gasteiger partial charge >= 0.3 is 29.8 Å². The summed E-state index contributed by atoms with van der Waals surface area (Å²) in [5, 5.41) is 92.3. The third-order valence-corrected chi connectivity index (χ3v) is 18.1. The molecule has 0 bridgehead atoms. The Kier molecular flexibility index (Phi) is 50.5. The van der Waals surface area contributed by atoms with Gasteiger partial charge in [-0.25, -0.2) is 4.79 Å². The first-order valence-electron chi connectivity index (χ1n) is 36.8. The Morgan fingerprint density at radius 1 is 0.362 bits per heavy atom. The van der Waals surface area contributed by atoms with E-state index in [9.17, 15) is 131 Å². The van der Waals surface area contributed by atoms with Crippen molar-refractivity contribution >= 4 is 161 Å². The van der Waals surface area contributed by atoms with Crippen LogP contribution in [0.5, 0.6) is 0 Å². The zero-order valence-electron chi connectivity index (χ0n) is 65.8. The summed E-state index contributed by atoms with van der Waals surface area (Å²) in [6.07, 6.45) is -4.03. The van der Waals surface area contributed by atoms with Crippen LogP contribution in [0.25, 0.3) is 0 Å². The van der Waals surface area contributed by atoms with Crippen LogP contribution in [0.15, 0.2) is 0 Å². The molecule has 0 saturated heterocycles. The summed E-state index contributed by atoms with van der Waals surface area (Å²) in [5.41, 5.74) is 16.6. The zero-order chi connectivity index (χ0) is 89.0. The third-order valence-electron chi connectivity index (χ3n) is 16.7. The minimum Gasteiger partial charge on any atom is -0.481 e. The van der Waals surface area contributed by atoms with Gasteiger partial charge in [-0.3, -0.25) is 95.9 Å². The van der Waals surface area contributed by atoms with Crippen molar-refractivity contribution in [3.8, 4) is 0 Å². The second-order valence-electron chi connectivity index (χ2n) is 28.2. The number of amides is 16. The fourth-order valence-corrected chi connectivity index (χ4v) is 11.4. The Labute approximate surface area is 683 Å². The molecule has 45 nitrogen and oxygen atoms in total. The highest BCUT2D eigenvalue weighted by molar-refractivity contribution is 7.98. The standard InChI is InChI=1S/C68H114N18O27S3/c1-30(2)20-39(79-55(99)34(70)28-114)61(105)76-36(14-16-49(91)92)58(102)81-41(22-50(93)94)56(100)72-25-47(89)74-35(13-15-46(71)88)60(104)85-53(32(5)6)66(110)77-37(17-19-116-9)59(103)82-43(24-52(97)98)64(108)86-54(33(7)8)67(111)83-42(23-51(95)96)63(107)80-40(21-31(3)4)62(106)84-45(29-115)57(101)73-26-48(90)75-44(27-87)65(109)78-38(68(112)113)12-10-11-18-69/h30-45,53-54,87,114-115H,10-29,69-70H2,1-9H3,(H2,71,88)(H,72,100)(H,73,101)(H,74,89)(H,75,90)(H,76,105)(H,77,110)(H,78,109)(H,79,99)(H,80,107)(H,81,102)(H,82,103)(H,83,111)(H,84,106)(H,85,104)(H,86,108)(H,91,92)(H,93,94)(H,95,96)(H,97,98)(H,112,113)/t34-,35-,36-,37-,38-,39-,40-,41-,42-,43-,44-,45-,53-,54-/m0/s1. The van der Waals surface area contributed by atoms with Crippen molar-refractivity contribution in [3.05, 3.63) is 0 Å². The molecule has 116 heavy (non-hydrogen) atoms. The van der Waals surface area contributed by atoms with E-state index in [2.05, 4.69) is 105 Å². The molecule has 0 heterocycles. The van der Waals surface area contributed by atoms with Gasteiger partial charge in [0.25, 0.3) is 0 Å². The van der Waals surface area contributed by atoms with Crippen LogP contribution in [0.1, 0.15) is 139 Å². The molecule has 0 aliphatic rings. The summed E-state index contributed by atoms with van der Waals surface area (Å²) in [4.78, 5) is 276. The molecule has 0 aliphatic carbocycles. The quantitative estimate of drug-likeness (QED) is 0.0199. The second-order valence-corrected chi connectivity index (χ2v) is 30.0. The van der Waals surface area contributed by atoms with Gasteiger partial charge in [0, 0.05) is 24.3 Å². The topological polar surface area (TPSA) is 738 Å². The van der Waals surface area contributed by atoms with Gasteiger partial charge in [-0.15, -0.1) is 0 Å². The van der Waals surface area contributed by atoms with Gasteiger partial charge in [-0.05, 0) is 93.6 Å². The smallest absolute Gasteiger partial charge is 0.326 e. The van der Waals surface area contributed by atoms with Crippen LogP contribution in [0.2, 0.25) is 0 Å². The molecule has 16 amide bonds. The lowest BCUT2D eigenvalue weighted by Crippen LogP contribution is -2.62. The number of nitrogens with two attached hydrogens (primary N) is 3. The molecular weight excluding hydrogens is 1600 g/mol. The van der Waals surface area contributed by atoms with E-state index in [0.717, 1.165) is 11.8 Å². The first kappa shape index (κ1) is 106. The van der Waals surface area contributed by atoms with E-state index >= 15 is 0 Å². The molecule has 0 radical (unpaired) electrons. The van der Waals surface area contributed by atoms with Crippen molar-refractivity contribution in [3.63, 3.8) is 0 Å². The first-order valence-corrected chi connectivity index (χ1v) is 39.5. The van der Waals surface area contributed by atoms with Gasteiger partial charge in [0.05, 0.1) is 45.0 Å². The number of thioether (sulfide) groups is 1. The second kappa shape index (κ2) is 55.4. The molecular formula is C68H114N18O27S3. The van der Waals surface area contributed by atoms with Crippen LogP contribution >= 0.6 is 37.0 Å². The minimum absolute atomic E-state index is 0.00230. The zero-order valence-corrected chi connectivity index (χ0v) is 68.4. The molecule has 0 fully saturated rings. The van der Waals surface area contributed by atoms with Crippen molar-refractivity contribution in [1.29, 1.82) is 0 Å². The van der Waals surface area contributed by atoms with Crippen LogP contribution in [-0.4, -0.2) is 289 Å². The van der Waals surface area contributed by atoms with Gasteiger partial charge in [0.15, 0.2) is 0 Å². The number of unbranched alkanes of at least 4 members (excludes halogenated alkanes) is 1.